The van der Waals surface area contributed by atoms with Crippen molar-refractivity contribution < 1.29 is 20.0 Å². The Morgan fingerprint density at radius 1 is 0.864 bits per heavy atom. The van der Waals surface area contributed by atoms with Gasteiger partial charge in [0.15, 0.2) is 0 Å². The Morgan fingerprint density at radius 2 is 1.23 bits per heavy atom. The molecule has 0 heterocycles. The van der Waals surface area contributed by atoms with Gasteiger partial charge in [0.1, 0.15) is 0 Å². The van der Waals surface area contributed by atoms with E-state index in [0.717, 1.165) is 10.6 Å². The normalized spacial score (nSPS) is 12.1. The van der Waals surface area contributed by atoms with Crippen LogP contribution < -0.4 is 10.6 Å². The van der Waals surface area contributed by atoms with Gasteiger partial charge in [0.25, 0.3) is 0 Å². The molecule has 0 aromatic carbocycles. The zero-order chi connectivity index (χ0) is 16.8. The third-order valence-corrected chi connectivity index (χ3v) is 9.82. The molecule has 0 aromatic rings. The molecule has 22 heavy (non-hydrogen) atoms. The monoisotopic (exact) mass is 446 g/mol. The molecule has 0 unspecified atom stereocenters. The van der Waals surface area contributed by atoms with Crippen molar-refractivity contribution in [2.75, 3.05) is 13.1 Å². The van der Waals surface area contributed by atoms with E-state index < -0.39 is 0 Å². The zero-order valence-corrected chi connectivity index (χ0v) is 16.1. The molecule has 126 valence electrons. The molecular formula is C12H22N4O4Se2. The van der Waals surface area contributed by atoms with Crippen molar-refractivity contribution in [3.63, 3.8) is 0 Å². The third-order valence-electron chi connectivity index (χ3n) is 2.46. The van der Waals surface area contributed by atoms with Crippen LogP contribution in [0.2, 0.25) is 10.6 Å². The average Bonchev–Trinajstić information content (AvgIpc) is 2.52. The van der Waals surface area contributed by atoms with Crippen LogP contribution in [-0.4, -0.2) is 73.0 Å². The number of nitrogens with zero attached hydrogens (tertiary/aromatic N) is 2. The number of nitrogens with one attached hydrogen (secondary N) is 2. The second-order valence-corrected chi connectivity index (χ2v) is 11.8. The number of amides is 2. The molecule has 0 saturated carbocycles. The zero-order valence-electron chi connectivity index (χ0n) is 12.7. The third kappa shape index (κ3) is 9.04. The first-order chi connectivity index (χ1) is 10.6. The van der Waals surface area contributed by atoms with Crippen molar-refractivity contribution in [3.8, 4) is 0 Å². The van der Waals surface area contributed by atoms with E-state index in [0.29, 0.717) is 52.2 Å². The van der Waals surface area contributed by atoms with Crippen LogP contribution in [-0.2, 0) is 9.59 Å². The molecule has 4 N–H and O–H groups in total. The molecule has 0 aromatic heterocycles. The quantitative estimate of drug-likeness (QED) is 0.116. The van der Waals surface area contributed by atoms with Crippen LogP contribution in [0.3, 0.4) is 0 Å². The SMILES string of the molecule is CC/C(=N\O)C(=O)NCC[Se][Se]CCNC(=O)/C(CC)=N/O. The molecule has 0 fully saturated rings. The maximum atomic E-state index is 11.5. The average molecular weight is 444 g/mol. The number of carbonyl (C=O) groups is 2. The van der Waals surface area contributed by atoms with Crippen LogP contribution >= 0.6 is 0 Å². The van der Waals surface area contributed by atoms with Gasteiger partial charge in [-0.15, -0.1) is 0 Å². The summed E-state index contributed by atoms with van der Waals surface area (Å²) in [5.74, 6) is -0.646. The van der Waals surface area contributed by atoms with Crippen LogP contribution in [0.4, 0.5) is 0 Å². The van der Waals surface area contributed by atoms with Crippen LogP contribution in [0, 0.1) is 0 Å². The van der Waals surface area contributed by atoms with Gasteiger partial charge in [-0.05, 0) is 0 Å². The minimum atomic E-state index is -0.323. The summed E-state index contributed by atoms with van der Waals surface area (Å²) in [6.07, 6.45) is 0.794. The minimum absolute atomic E-state index is 0.137. The molecule has 0 rings (SSSR count). The summed E-state index contributed by atoms with van der Waals surface area (Å²) in [4.78, 5) is 22.9. The summed E-state index contributed by atoms with van der Waals surface area (Å²) in [6.45, 7) is 4.65. The summed E-state index contributed by atoms with van der Waals surface area (Å²) >= 11 is 0.874. The van der Waals surface area contributed by atoms with Crippen molar-refractivity contribution >= 4 is 49.5 Å². The van der Waals surface area contributed by atoms with Crippen molar-refractivity contribution in [3.05, 3.63) is 0 Å². The van der Waals surface area contributed by atoms with Crippen molar-refractivity contribution in [1.29, 1.82) is 0 Å². The van der Waals surface area contributed by atoms with Crippen molar-refractivity contribution in [2.24, 2.45) is 10.3 Å². The van der Waals surface area contributed by atoms with Gasteiger partial charge in [0.2, 0.25) is 0 Å². The molecule has 2 amide bonds. The molecule has 0 aliphatic heterocycles. The molecule has 0 radical (unpaired) electrons. The van der Waals surface area contributed by atoms with Crippen molar-refractivity contribution in [2.45, 2.75) is 37.3 Å². The molecule has 10 heteroatoms. The Labute approximate surface area is 141 Å². The molecule has 0 saturated heterocycles. The van der Waals surface area contributed by atoms with Crippen molar-refractivity contribution in [1.82, 2.24) is 10.6 Å². The van der Waals surface area contributed by atoms with Crippen LogP contribution in [0.15, 0.2) is 10.3 Å². The van der Waals surface area contributed by atoms with E-state index in [2.05, 4.69) is 20.9 Å². The van der Waals surface area contributed by atoms with Gasteiger partial charge in [-0.2, -0.15) is 0 Å². The fourth-order valence-corrected chi connectivity index (χ4v) is 6.95. The summed E-state index contributed by atoms with van der Waals surface area (Å²) in [5.41, 5.74) is 0.274. The first-order valence-electron chi connectivity index (χ1n) is 6.83. The van der Waals surface area contributed by atoms with E-state index in [1.165, 1.54) is 0 Å². The maximum absolute atomic E-state index is 11.5. The Morgan fingerprint density at radius 3 is 1.50 bits per heavy atom. The molecule has 0 aliphatic carbocycles. The van der Waals surface area contributed by atoms with Gasteiger partial charge >= 0.3 is 141 Å². The second kappa shape index (κ2) is 13.6. The van der Waals surface area contributed by atoms with E-state index in [4.69, 9.17) is 10.4 Å². The van der Waals surface area contributed by atoms with Gasteiger partial charge in [0, 0.05) is 0 Å². The van der Waals surface area contributed by atoms with Gasteiger partial charge < -0.3 is 0 Å². The van der Waals surface area contributed by atoms with Gasteiger partial charge in [-0.25, -0.2) is 0 Å². The summed E-state index contributed by atoms with van der Waals surface area (Å²) in [7, 11) is 0. The Balaban J connectivity index is 3.60. The standard InChI is InChI=1S/C12H22N4O4Se2/c1-3-9(15-19)11(17)13-5-7-21-22-8-6-14-12(18)10(4-2)16-20/h19-20H,3-8H2,1-2H3,(H,13,17)(H,14,18)/b15-9+,16-10+. The van der Waals surface area contributed by atoms with Crippen LogP contribution in [0.1, 0.15) is 26.7 Å². The number of carbonyl (C=O) groups excluding carboxylic acids is 2. The molecule has 0 atom stereocenters. The fourth-order valence-electron chi connectivity index (χ4n) is 1.29. The molecule has 0 spiro atoms. The van der Waals surface area contributed by atoms with Crippen LogP contribution in [0.5, 0.6) is 0 Å². The van der Waals surface area contributed by atoms with E-state index in [9.17, 15) is 9.59 Å². The molecular weight excluding hydrogens is 422 g/mol. The van der Waals surface area contributed by atoms with Gasteiger partial charge in [-0.1, -0.05) is 0 Å². The van der Waals surface area contributed by atoms with Gasteiger partial charge in [-0.3, -0.25) is 0 Å². The predicted octanol–water partition coefficient (Wildman–Crippen LogP) is -0.141. The second-order valence-electron chi connectivity index (χ2n) is 3.96. The van der Waals surface area contributed by atoms with E-state index in [1.807, 2.05) is 0 Å². The molecule has 0 bridgehead atoms. The summed E-state index contributed by atoms with van der Waals surface area (Å²) < 4.78 is 0. The summed E-state index contributed by atoms with van der Waals surface area (Å²) in [5, 5.41) is 30.3. The number of oxime groups is 2. The Hall–Kier alpha value is -1.08. The Kier molecular flexibility index (Phi) is 12.9. The number of hydrogen-bond donors (Lipinski definition) is 4. The molecule has 8 nitrogen and oxygen atoms in total. The first kappa shape index (κ1) is 20.9. The number of hydrogen-bond acceptors (Lipinski definition) is 6. The topological polar surface area (TPSA) is 123 Å². The van der Waals surface area contributed by atoms with E-state index >= 15 is 0 Å². The van der Waals surface area contributed by atoms with Gasteiger partial charge in [0.05, 0.1) is 0 Å². The molecule has 0 aliphatic rings. The van der Waals surface area contributed by atoms with E-state index in [1.54, 1.807) is 13.8 Å². The Bertz CT molecular complexity index is 378. The first-order valence-corrected chi connectivity index (χ1v) is 13.6. The van der Waals surface area contributed by atoms with E-state index in [-0.39, 0.29) is 23.2 Å². The summed E-state index contributed by atoms with van der Waals surface area (Å²) in [6, 6.07) is 0. The van der Waals surface area contributed by atoms with Crippen LogP contribution in [0.25, 0.3) is 0 Å². The fraction of sp³-hybridized carbons (Fsp3) is 0.667. The predicted molar refractivity (Wildman–Crippen MR) is 86.2 cm³/mol. The number of rotatable bonds is 11.